The van der Waals surface area contributed by atoms with E-state index in [2.05, 4.69) is 0 Å². The standard InChI is InChI=1S/C9H8OS2/c1-2-6-5-12-9-7(8(6)10)3-4-11-9/h2-4H,5H2,1H3/b6-2+. The van der Waals surface area contributed by atoms with Crippen molar-refractivity contribution in [1.82, 2.24) is 0 Å². The zero-order valence-corrected chi connectivity index (χ0v) is 8.30. The molecule has 0 atom stereocenters. The summed E-state index contributed by atoms with van der Waals surface area (Å²) in [4.78, 5) is 11.6. The maximum atomic E-state index is 11.6. The van der Waals surface area contributed by atoms with Crippen LogP contribution < -0.4 is 0 Å². The number of hydrogen-bond donors (Lipinski definition) is 0. The summed E-state index contributed by atoms with van der Waals surface area (Å²) in [5.74, 6) is 1.05. The third kappa shape index (κ3) is 1.13. The summed E-state index contributed by atoms with van der Waals surface area (Å²) in [6.07, 6.45) is 1.91. The van der Waals surface area contributed by atoms with E-state index in [0.29, 0.717) is 0 Å². The van der Waals surface area contributed by atoms with E-state index in [1.165, 1.54) is 4.21 Å². The normalized spacial score (nSPS) is 19.8. The number of ketones is 1. The van der Waals surface area contributed by atoms with Gasteiger partial charge in [-0.15, -0.1) is 23.1 Å². The maximum Gasteiger partial charge on any atom is 0.191 e. The Balaban J connectivity index is 2.49. The van der Waals surface area contributed by atoms with Gasteiger partial charge in [0.15, 0.2) is 5.78 Å². The smallest absolute Gasteiger partial charge is 0.191 e. The van der Waals surface area contributed by atoms with Crippen molar-refractivity contribution >= 4 is 28.9 Å². The van der Waals surface area contributed by atoms with E-state index in [4.69, 9.17) is 0 Å². The molecule has 1 aliphatic rings. The Morgan fingerprint density at radius 1 is 1.58 bits per heavy atom. The van der Waals surface area contributed by atoms with E-state index in [0.717, 1.165) is 16.9 Å². The minimum absolute atomic E-state index is 0.215. The van der Waals surface area contributed by atoms with Crippen LogP contribution in [0.15, 0.2) is 27.3 Å². The van der Waals surface area contributed by atoms with Crippen molar-refractivity contribution in [2.75, 3.05) is 5.75 Å². The topological polar surface area (TPSA) is 17.1 Å². The number of hydrogen-bond acceptors (Lipinski definition) is 3. The van der Waals surface area contributed by atoms with Crippen LogP contribution >= 0.6 is 23.1 Å². The van der Waals surface area contributed by atoms with E-state index in [-0.39, 0.29) is 5.78 Å². The molecule has 0 spiro atoms. The van der Waals surface area contributed by atoms with Crippen molar-refractivity contribution in [2.45, 2.75) is 11.1 Å². The summed E-state index contributed by atoms with van der Waals surface area (Å²) >= 11 is 3.42. The van der Waals surface area contributed by atoms with Gasteiger partial charge in [-0.25, -0.2) is 0 Å². The minimum atomic E-state index is 0.215. The molecule has 12 heavy (non-hydrogen) atoms. The van der Waals surface area contributed by atoms with Gasteiger partial charge in [-0.3, -0.25) is 4.79 Å². The van der Waals surface area contributed by atoms with Gasteiger partial charge in [0.2, 0.25) is 0 Å². The van der Waals surface area contributed by atoms with Gasteiger partial charge in [-0.2, -0.15) is 0 Å². The molecule has 0 aliphatic carbocycles. The van der Waals surface area contributed by atoms with Crippen molar-refractivity contribution in [3.8, 4) is 0 Å². The van der Waals surface area contributed by atoms with Crippen LogP contribution in [-0.2, 0) is 0 Å². The molecule has 1 nitrogen and oxygen atoms in total. The highest BCUT2D eigenvalue weighted by Gasteiger charge is 2.22. The van der Waals surface area contributed by atoms with Gasteiger partial charge in [0.1, 0.15) is 0 Å². The molecular formula is C9H8OS2. The van der Waals surface area contributed by atoms with Crippen LogP contribution in [0.3, 0.4) is 0 Å². The number of thiophene rings is 1. The zero-order chi connectivity index (χ0) is 8.55. The fraction of sp³-hybridized carbons (Fsp3) is 0.222. The lowest BCUT2D eigenvalue weighted by Gasteiger charge is -2.11. The van der Waals surface area contributed by atoms with Crippen LogP contribution in [0.5, 0.6) is 0 Å². The van der Waals surface area contributed by atoms with Crippen molar-refractivity contribution < 1.29 is 4.79 Å². The first-order valence-corrected chi connectivity index (χ1v) is 5.59. The van der Waals surface area contributed by atoms with Crippen LogP contribution in [0.4, 0.5) is 0 Å². The van der Waals surface area contributed by atoms with Crippen LogP contribution in [0.25, 0.3) is 0 Å². The quantitative estimate of drug-likeness (QED) is 0.593. The fourth-order valence-electron chi connectivity index (χ4n) is 1.17. The SMILES string of the molecule is C/C=C1\CSc2sccc2C1=O. The highest BCUT2D eigenvalue weighted by molar-refractivity contribution is 8.01. The minimum Gasteiger partial charge on any atom is -0.289 e. The molecule has 0 aromatic carbocycles. The lowest BCUT2D eigenvalue weighted by atomic mass is 10.1. The van der Waals surface area contributed by atoms with Crippen molar-refractivity contribution in [3.05, 3.63) is 28.7 Å². The maximum absolute atomic E-state index is 11.6. The van der Waals surface area contributed by atoms with Gasteiger partial charge in [0, 0.05) is 16.9 Å². The summed E-state index contributed by atoms with van der Waals surface area (Å²) in [5.41, 5.74) is 1.83. The molecule has 62 valence electrons. The molecule has 0 amide bonds. The molecule has 3 heteroatoms. The lowest BCUT2D eigenvalue weighted by molar-refractivity contribution is 0.103. The number of Topliss-reactive ketones (excluding diaryl/α,β-unsaturated/α-hetero) is 1. The van der Waals surface area contributed by atoms with Gasteiger partial charge >= 0.3 is 0 Å². The Morgan fingerprint density at radius 3 is 3.17 bits per heavy atom. The average Bonchev–Trinajstić information content (AvgIpc) is 2.53. The Kier molecular flexibility index (Phi) is 2.07. The number of carbonyl (C=O) groups excluding carboxylic acids is 1. The molecule has 0 unspecified atom stereocenters. The molecular weight excluding hydrogens is 188 g/mol. The summed E-state index contributed by atoms with van der Waals surface area (Å²) in [6.45, 7) is 1.92. The Hall–Kier alpha value is -0.540. The first kappa shape index (κ1) is 8.08. The monoisotopic (exact) mass is 196 g/mol. The molecule has 1 aromatic heterocycles. The van der Waals surface area contributed by atoms with Crippen LogP contribution in [-0.4, -0.2) is 11.5 Å². The lowest BCUT2D eigenvalue weighted by Crippen LogP contribution is -2.09. The molecule has 0 radical (unpaired) electrons. The predicted molar refractivity (Wildman–Crippen MR) is 53.1 cm³/mol. The Labute approximate surface area is 79.5 Å². The molecule has 0 N–H and O–H groups in total. The third-order valence-corrected chi connectivity index (χ3v) is 4.16. The second-order valence-corrected chi connectivity index (χ2v) is 4.71. The van der Waals surface area contributed by atoms with Crippen molar-refractivity contribution in [2.24, 2.45) is 0 Å². The molecule has 1 aliphatic heterocycles. The molecule has 0 saturated carbocycles. The highest BCUT2D eigenvalue weighted by Crippen LogP contribution is 2.36. The van der Waals surface area contributed by atoms with Gasteiger partial charge in [0.05, 0.1) is 4.21 Å². The predicted octanol–water partition coefficient (Wildman–Crippen LogP) is 2.98. The van der Waals surface area contributed by atoms with Crippen LogP contribution in [0, 0.1) is 0 Å². The van der Waals surface area contributed by atoms with E-state index in [1.807, 2.05) is 24.4 Å². The highest BCUT2D eigenvalue weighted by atomic mass is 32.2. The second-order valence-electron chi connectivity index (χ2n) is 2.55. The fourth-order valence-corrected chi connectivity index (χ4v) is 3.30. The first-order valence-electron chi connectivity index (χ1n) is 3.73. The van der Waals surface area contributed by atoms with Crippen molar-refractivity contribution in [1.29, 1.82) is 0 Å². The van der Waals surface area contributed by atoms with Crippen LogP contribution in [0.1, 0.15) is 17.3 Å². The Morgan fingerprint density at radius 2 is 2.42 bits per heavy atom. The number of rotatable bonds is 0. The molecule has 2 rings (SSSR count). The molecule has 1 aromatic rings. The first-order chi connectivity index (χ1) is 5.83. The molecule has 0 fully saturated rings. The zero-order valence-electron chi connectivity index (χ0n) is 6.66. The van der Waals surface area contributed by atoms with Crippen molar-refractivity contribution in [3.63, 3.8) is 0 Å². The third-order valence-electron chi connectivity index (χ3n) is 1.87. The summed E-state index contributed by atoms with van der Waals surface area (Å²) in [5, 5.41) is 1.98. The molecule has 2 heterocycles. The van der Waals surface area contributed by atoms with E-state index < -0.39 is 0 Å². The summed E-state index contributed by atoms with van der Waals surface area (Å²) in [7, 11) is 0. The summed E-state index contributed by atoms with van der Waals surface area (Å²) in [6, 6.07) is 1.91. The van der Waals surface area contributed by atoms with E-state index in [9.17, 15) is 4.79 Å². The Bertz CT molecular complexity index is 349. The van der Waals surface area contributed by atoms with E-state index in [1.54, 1.807) is 23.1 Å². The van der Waals surface area contributed by atoms with E-state index >= 15 is 0 Å². The van der Waals surface area contributed by atoms with Gasteiger partial charge in [-0.05, 0) is 18.4 Å². The average molecular weight is 196 g/mol. The summed E-state index contributed by atoms with van der Waals surface area (Å²) < 4.78 is 1.17. The second kappa shape index (κ2) is 3.07. The number of thioether (sulfide) groups is 1. The number of allylic oxidation sites excluding steroid dienone is 1. The van der Waals surface area contributed by atoms with Gasteiger partial charge in [0.25, 0.3) is 0 Å². The molecule has 0 saturated heterocycles. The largest absolute Gasteiger partial charge is 0.289 e. The van der Waals surface area contributed by atoms with Gasteiger partial charge in [-0.1, -0.05) is 6.08 Å². The number of carbonyl (C=O) groups is 1. The molecule has 0 bridgehead atoms. The van der Waals surface area contributed by atoms with Gasteiger partial charge < -0.3 is 0 Å². The number of fused-ring (bicyclic) bond motifs is 1. The van der Waals surface area contributed by atoms with Crippen LogP contribution in [0.2, 0.25) is 0 Å².